The summed E-state index contributed by atoms with van der Waals surface area (Å²) in [6, 6.07) is 15.4. The zero-order valence-electron chi connectivity index (χ0n) is 15.0. The topological polar surface area (TPSA) is 66.3 Å². The molecule has 27 heavy (non-hydrogen) atoms. The van der Waals surface area contributed by atoms with Crippen LogP contribution in [0.4, 0.5) is 10.5 Å². The number of pyridine rings is 1. The van der Waals surface area contributed by atoms with Crippen molar-refractivity contribution in [2.24, 2.45) is 0 Å². The third-order valence-corrected chi connectivity index (χ3v) is 4.67. The molecule has 1 fully saturated rings. The Hall–Kier alpha value is -3.19. The first kappa shape index (κ1) is 17.2. The number of anilines is 1. The van der Waals surface area contributed by atoms with Gasteiger partial charge in [-0.1, -0.05) is 18.2 Å². The average molecular weight is 362 g/mol. The van der Waals surface area contributed by atoms with Crippen LogP contribution in [-0.4, -0.2) is 56.8 Å². The highest BCUT2D eigenvalue weighted by molar-refractivity contribution is 5.91. The molecule has 0 saturated carbocycles. The molecule has 3 heterocycles. The van der Waals surface area contributed by atoms with Gasteiger partial charge in [-0.15, -0.1) is 0 Å². The number of hydrogen-bond acceptors (Lipinski definition) is 4. The van der Waals surface area contributed by atoms with Gasteiger partial charge in [0, 0.05) is 51.3 Å². The van der Waals surface area contributed by atoms with Crippen molar-refractivity contribution < 1.29 is 4.79 Å². The second-order valence-electron chi connectivity index (χ2n) is 6.48. The molecule has 2 amide bonds. The molecule has 0 atom stereocenters. The van der Waals surface area contributed by atoms with Crippen LogP contribution in [-0.2, 0) is 6.54 Å². The molecule has 7 heteroatoms. The average Bonchev–Trinajstić information content (AvgIpc) is 3.24. The number of piperazine rings is 1. The van der Waals surface area contributed by atoms with E-state index >= 15 is 0 Å². The van der Waals surface area contributed by atoms with E-state index in [1.807, 2.05) is 65.8 Å². The van der Waals surface area contributed by atoms with Crippen molar-refractivity contribution in [2.75, 3.05) is 31.5 Å². The zero-order chi connectivity index (χ0) is 18.5. The van der Waals surface area contributed by atoms with E-state index < -0.39 is 0 Å². The molecule has 1 aromatic carbocycles. The molecular formula is C20H22N6O. The second kappa shape index (κ2) is 8.01. The van der Waals surface area contributed by atoms with Crippen LogP contribution in [0.3, 0.4) is 0 Å². The van der Waals surface area contributed by atoms with Crippen molar-refractivity contribution in [1.29, 1.82) is 0 Å². The summed E-state index contributed by atoms with van der Waals surface area (Å²) in [5, 5.41) is 7.28. The molecule has 1 saturated heterocycles. The van der Waals surface area contributed by atoms with Gasteiger partial charge in [-0.2, -0.15) is 5.10 Å². The van der Waals surface area contributed by atoms with Crippen LogP contribution in [0.2, 0.25) is 0 Å². The van der Waals surface area contributed by atoms with E-state index in [0.29, 0.717) is 13.1 Å². The maximum Gasteiger partial charge on any atom is 0.321 e. The highest BCUT2D eigenvalue weighted by Crippen LogP contribution is 2.20. The van der Waals surface area contributed by atoms with Gasteiger partial charge in [0.05, 0.1) is 17.1 Å². The predicted molar refractivity (Wildman–Crippen MR) is 104 cm³/mol. The lowest BCUT2D eigenvalue weighted by Gasteiger charge is -2.34. The maximum atomic E-state index is 12.7. The molecule has 3 aromatic rings. The first-order valence-corrected chi connectivity index (χ1v) is 9.07. The molecule has 0 bridgehead atoms. The third-order valence-electron chi connectivity index (χ3n) is 4.67. The van der Waals surface area contributed by atoms with Crippen molar-refractivity contribution in [2.45, 2.75) is 6.54 Å². The number of amides is 2. The van der Waals surface area contributed by atoms with E-state index in [4.69, 9.17) is 0 Å². The summed E-state index contributed by atoms with van der Waals surface area (Å²) < 4.78 is 1.75. The van der Waals surface area contributed by atoms with Gasteiger partial charge >= 0.3 is 6.03 Å². The Bertz CT molecular complexity index is 873. The molecule has 4 rings (SSSR count). The lowest BCUT2D eigenvalue weighted by atomic mass is 10.2. The number of carbonyl (C=O) groups is 1. The minimum atomic E-state index is -0.0768. The van der Waals surface area contributed by atoms with Crippen LogP contribution in [0.15, 0.2) is 67.1 Å². The molecule has 1 aliphatic heterocycles. The lowest BCUT2D eigenvalue weighted by molar-refractivity contribution is 0.142. The fraction of sp³-hybridized carbons (Fsp3) is 0.250. The van der Waals surface area contributed by atoms with E-state index in [1.54, 1.807) is 10.9 Å². The summed E-state index contributed by atoms with van der Waals surface area (Å²) in [5.74, 6) is 0. The summed E-state index contributed by atoms with van der Waals surface area (Å²) in [5.41, 5.74) is 2.66. The van der Waals surface area contributed by atoms with Gasteiger partial charge in [-0.25, -0.2) is 9.48 Å². The maximum absolute atomic E-state index is 12.7. The first-order chi connectivity index (χ1) is 13.3. The number of hydrogen-bond donors (Lipinski definition) is 1. The van der Waals surface area contributed by atoms with Gasteiger partial charge in [0.2, 0.25) is 0 Å². The Balaban J connectivity index is 1.35. The number of para-hydroxylation sites is 2. The van der Waals surface area contributed by atoms with E-state index in [0.717, 1.165) is 36.7 Å². The van der Waals surface area contributed by atoms with Crippen LogP contribution < -0.4 is 5.32 Å². The van der Waals surface area contributed by atoms with Gasteiger partial charge in [-0.3, -0.25) is 9.88 Å². The highest BCUT2D eigenvalue weighted by Gasteiger charge is 2.22. The summed E-state index contributed by atoms with van der Waals surface area (Å²) in [4.78, 5) is 21.3. The molecule has 1 N–H and O–H groups in total. The van der Waals surface area contributed by atoms with Crippen molar-refractivity contribution in [3.05, 3.63) is 72.8 Å². The Labute approximate surface area is 158 Å². The molecule has 0 spiro atoms. The first-order valence-electron chi connectivity index (χ1n) is 9.07. The largest absolute Gasteiger partial charge is 0.322 e. The molecule has 0 aliphatic carbocycles. The van der Waals surface area contributed by atoms with Gasteiger partial charge in [0.15, 0.2) is 0 Å². The van der Waals surface area contributed by atoms with Gasteiger partial charge in [0.25, 0.3) is 0 Å². The van der Waals surface area contributed by atoms with Crippen molar-refractivity contribution in [3.8, 4) is 5.69 Å². The molecule has 7 nitrogen and oxygen atoms in total. The highest BCUT2D eigenvalue weighted by atomic mass is 16.2. The number of rotatable bonds is 4. The summed E-state index contributed by atoms with van der Waals surface area (Å²) in [6.07, 6.45) is 5.40. The number of aromatic nitrogens is 3. The van der Waals surface area contributed by atoms with Crippen molar-refractivity contribution in [1.82, 2.24) is 24.6 Å². The lowest BCUT2D eigenvalue weighted by Crippen LogP contribution is -2.49. The quantitative estimate of drug-likeness (QED) is 0.775. The minimum absolute atomic E-state index is 0.0768. The molecule has 138 valence electrons. The smallest absolute Gasteiger partial charge is 0.321 e. The number of benzene rings is 1. The van der Waals surface area contributed by atoms with Crippen LogP contribution in [0.5, 0.6) is 0 Å². The Morgan fingerprint density at radius 2 is 1.78 bits per heavy atom. The Kier molecular flexibility index (Phi) is 5.11. The van der Waals surface area contributed by atoms with E-state index in [2.05, 4.69) is 20.3 Å². The fourth-order valence-electron chi connectivity index (χ4n) is 3.21. The third kappa shape index (κ3) is 4.15. The number of nitrogens with one attached hydrogen (secondary N) is 1. The summed E-state index contributed by atoms with van der Waals surface area (Å²) in [6.45, 7) is 3.89. The number of carbonyl (C=O) groups excluding carboxylic acids is 1. The zero-order valence-corrected chi connectivity index (χ0v) is 15.0. The van der Waals surface area contributed by atoms with Crippen molar-refractivity contribution in [3.63, 3.8) is 0 Å². The fourth-order valence-corrected chi connectivity index (χ4v) is 3.21. The predicted octanol–water partition coefficient (Wildman–Crippen LogP) is 2.62. The van der Waals surface area contributed by atoms with Crippen LogP contribution in [0.1, 0.15) is 5.69 Å². The van der Waals surface area contributed by atoms with Crippen LogP contribution in [0.25, 0.3) is 5.69 Å². The van der Waals surface area contributed by atoms with Gasteiger partial charge < -0.3 is 10.2 Å². The van der Waals surface area contributed by atoms with E-state index in [-0.39, 0.29) is 6.03 Å². The number of nitrogens with zero attached hydrogens (tertiary/aromatic N) is 5. The minimum Gasteiger partial charge on any atom is -0.322 e. The summed E-state index contributed by atoms with van der Waals surface area (Å²) >= 11 is 0. The molecule has 1 aliphatic rings. The SMILES string of the molecule is O=C(Nc1ccccc1-n1cccn1)N1CCN(Cc2ccccn2)CC1. The van der Waals surface area contributed by atoms with Crippen molar-refractivity contribution >= 4 is 11.7 Å². The Morgan fingerprint density at radius 3 is 2.52 bits per heavy atom. The second-order valence-corrected chi connectivity index (χ2v) is 6.48. The molecular weight excluding hydrogens is 340 g/mol. The Morgan fingerprint density at radius 1 is 0.963 bits per heavy atom. The number of urea groups is 1. The van der Waals surface area contributed by atoms with Crippen LogP contribution in [0, 0.1) is 0 Å². The molecule has 0 radical (unpaired) electrons. The van der Waals surface area contributed by atoms with E-state index in [9.17, 15) is 4.79 Å². The van der Waals surface area contributed by atoms with Gasteiger partial charge in [0.1, 0.15) is 0 Å². The normalized spacial score (nSPS) is 14.9. The standard InChI is InChI=1S/C20H22N6O/c27-20(23-18-7-1-2-8-19(18)26-11-5-10-22-26)25-14-12-24(13-15-25)16-17-6-3-4-9-21-17/h1-11H,12-16H2,(H,23,27). The molecule has 0 unspecified atom stereocenters. The van der Waals surface area contributed by atoms with Gasteiger partial charge in [-0.05, 0) is 30.3 Å². The van der Waals surface area contributed by atoms with Crippen LogP contribution >= 0.6 is 0 Å². The van der Waals surface area contributed by atoms with E-state index in [1.165, 1.54) is 0 Å². The monoisotopic (exact) mass is 362 g/mol. The summed E-state index contributed by atoms with van der Waals surface area (Å²) in [7, 11) is 0. The molecule has 2 aromatic heterocycles.